The van der Waals surface area contributed by atoms with Crippen molar-refractivity contribution in [2.45, 2.75) is 45.4 Å². The summed E-state index contributed by atoms with van der Waals surface area (Å²) >= 11 is 0. The molecular weight excluding hydrogens is 414 g/mol. The van der Waals surface area contributed by atoms with E-state index in [2.05, 4.69) is 6.92 Å². The lowest BCUT2D eigenvalue weighted by atomic mass is 10.0. The Morgan fingerprint density at radius 2 is 1.42 bits per heavy atom. The normalized spacial score (nSPS) is 10.9. The third-order valence-electron chi connectivity index (χ3n) is 5.79. The summed E-state index contributed by atoms with van der Waals surface area (Å²) in [5, 5.41) is 11.2. The van der Waals surface area contributed by atoms with Crippen molar-refractivity contribution in [1.82, 2.24) is 0 Å². The van der Waals surface area contributed by atoms with Gasteiger partial charge in [-0.15, -0.1) is 0 Å². The zero-order valence-corrected chi connectivity index (χ0v) is 18.6. The molecular formula is C28H25NO4. The number of hydrogen-bond donors (Lipinski definition) is 0. The van der Waals surface area contributed by atoms with E-state index in [1.54, 1.807) is 18.2 Å². The quantitative estimate of drug-likeness (QED) is 0.318. The predicted octanol–water partition coefficient (Wildman–Crippen LogP) is 6.56. The fraction of sp³-hybridized carbons (Fsp3) is 0.250. The van der Waals surface area contributed by atoms with Gasteiger partial charge in [0.25, 0.3) is 0 Å². The van der Waals surface area contributed by atoms with E-state index in [0.29, 0.717) is 27.1 Å². The van der Waals surface area contributed by atoms with Gasteiger partial charge in [-0.1, -0.05) is 62.9 Å². The van der Waals surface area contributed by atoms with Crippen molar-refractivity contribution < 1.29 is 8.83 Å². The molecule has 0 N–H and O–H groups in total. The van der Waals surface area contributed by atoms with Gasteiger partial charge in [-0.2, -0.15) is 5.26 Å². The van der Waals surface area contributed by atoms with E-state index >= 15 is 0 Å². The highest BCUT2D eigenvalue weighted by Gasteiger charge is 2.08. The smallest absolute Gasteiger partial charge is 0.344 e. The monoisotopic (exact) mass is 439 g/mol. The maximum Gasteiger partial charge on any atom is 0.344 e. The molecule has 0 atom stereocenters. The molecule has 0 spiro atoms. The maximum atomic E-state index is 13.1. The van der Waals surface area contributed by atoms with Crippen molar-refractivity contribution in [3.63, 3.8) is 0 Å². The highest BCUT2D eigenvalue weighted by atomic mass is 16.4. The minimum absolute atomic E-state index is 0.0364. The molecule has 33 heavy (non-hydrogen) atoms. The summed E-state index contributed by atoms with van der Waals surface area (Å²) in [6.07, 6.45) is 6.80. The summed E-state index contributed by atoms with van der Waals surface area (Å²) in [7, 11) is 0. The van der Waals surface area contributed by atoms with E-state index < -0.39 is 11.3 Å². The van der Waals surface area contributed by atoms with Gasteiger partial charge in [-0.25, -0.2) is 9.59 Å². The third kappa shape index (κ3) is 4.96. The summed E-state index contributed by atoms with van der Waals surface area (Å²) < 4.78 is 11.2. The second-order valence-electron chi connectivity index (χ2n) is 8.14. The number of benzene rings is 3. The van der Waals surface area contributed by atoms with Gasteiger partial charge in [-0.05, 0) is 53.4 Å². The minimum Gasteiger partial charge on any atom is -0.419 e. The largest absolute Gasteiger partial charge is 0.419 e. The first-order valence-corrected chi connectivity index (χ1v) is 11.3. The number of rotatable bonds is 6. The van der Waals surface area contributed by atoms with Crippen molar-refractivity contribution in [2.24, 2.45) is 0 Å². The summed E-state index contributed by atoms with van der Waals surface area (Å²) in [5.74, 6) is 0. The first kappa shape index (κ1) is 22.3. The second kappa shape index (κ2) is 10.1. The van der Waals surface area contributed by atoms with Crippen LogP contribution in [0.5, 0.6) is 0 Å². The molecule has 166 valence electrons. The van der Waals surface area contributed by atoms with Crippen LogP contribution >= 0.6 is 0 Å². The van der Waals surface area contributed by atoms with Crippen LogP contribution in [0.1, 0.15) is 50.2 Å². The van der Waals surface area contributed by atoms with E-state index in [1.165, 1.54) is 37.5 Å². The van der Waals surface area contributed by atoms with Crippen molar-refractivity contribution in [2.75, 3.05) is 0 Å². The Kier molecular flexibility index (Phi) is 6.85. The van der Waals surface area contributed by atoms with Crippen LogP contribution in [0.25, 0.3) is 32.7 Å². The highest BCUT2D eigenvalue weighted by Crippen LogP contribution is 2.22. The molecule has 3 aromatic carbocycles. The van der Waals surface area contributed by atoms with Crippen LogP contribution in [0.15, 0.2) is 79.1 Å². The number of hydrogen-bond acceptors (Lipinski definition) is 5. The van der Waals surface area contributed by atoms with Gasteiger partial charge in [0.2, 0.25) is 0 Å². The van der Waals surface area contributed by atoms with Crippen LogP contribution < -0.4 is 11.3 Å². The predicted molar refractivity (Wildman–Crippen MR) is 131 cm³/mol. The van der Waals surface area contributed by atoms with Crippen molar-refractivity contribution >= 4 is 32.7 Å². The molecule has 0 aliphatic carbocycles. The summed E-state index contributed by atoms with van der Waals surface area (Å²) in [6.45, 7) is 2.20. The average molecular weight is 440 g/mol. The molecule has 0 aliphatic heterocycles. The van der Waals surface area contributed by atoms with Crippen LogP contribution in [-0.2, 0) is 6.42 Å². The topological polar surface area (TPSA) is 84.2 Å². The molecule has 5 heteroatoms. The van der Waals surface area contributed by atoms with Gasteiger partial charge in [0.05, 0.1) is 22.4 Å². The molecule has 5 nitrogen and oxygen atoms in total. The fourth-order valence-electron chi connectivity index (χ4n) is 4.03. The summed E-state index contributed by atoms with van der Waals surface area (Å²) in [4.78, 5) is 26.2. The lowest BCUT2D eigenvalue weighted by molar-refractivity contribution is 0.534. The van der Waals surface area contributed by atoms with E-state index in [0.717, 1.165) is 24.8 Å². The first-order chi connectivity index (χ1) is 16.1. The van der Waals surface area contributed by atoms with Gasteiger partial charge in [0.15, 0.2) is 11.2 Å². The van der Waals surface area contributed by atoms with Crippen LogP contribution in [0.4, 0.5) is 0 Å². The van der Waals surface area contributed by atoms with Gasteiger partial charge >= 0.3 is 11.3 Å². The zero-order chi connectivity index (χ0) is 23.2. The lowest BCUT2D eigenvalue weighted by Crippen LogP contribution is -2.01. The Morgan fingerprint density at radius 1 is 0.727 bits per heavy atom. The summed E-state index contributed by atoms with van der Waals surface area (Å²) in [5.41, 5.74) is 0.422. The molecule has 0 saturated heterocycles. The molecule has 0 aliphatic rings. The summed E-state index contributed by atoms with van der Waals surface area (Å²) in [6, 6.07) is 19.2. The number of unbranched alkanes of at least 4 members (excludes halogenated alkanes) is 4. The Labute approximate surface area is 191 Å². The Morgan fingerprint density at radius 3 is 2.18 bits per heavy atom. The minimum atomic E-state index is -0.573. The molecule has 0 bridgehead atoms. The molecule has 0 fully saturated rings. The molecule has 0 amide bonds. The number of nitriles is 1. The Bertz CT molecular complexity index is 1540. The first-order valence-electron chi connectivity index (χ1n) is 11.3. The number of aryl methyl sites for hydroxylation is 1. The van der Waals surface area contributed by atoms with E-state index in [4.69, 9.17) is 8.83 Å². The maximum absolute atomic E-state index is 13.1. The van der Waals surface area contributed by atoms with E-state index in [9.17, 15) is 14.9 Å². The molecule has 0 unspecified atom stereocenters. The van der Waals surface area contributed by atoms with E-state index in [1.807, 2.05) is 30.3 Å². The Hall–Kier alpha value is -3.91. The molecule has 0 saturated carbocycles. The number of nitrogens with zero attached hydrogens (tertiary/aromatic N) is 1. The standard InChI is InChI=1S/C28H25NO4/c1-2-3-4-5-6-9-19-12-14-23-24(16-19)21-10-7-8-11-22(21)27(30)33-26-17-20(18-29)13-15-25(26)32-28(23)31/h7-8,10-17H,2-6,9H2,1H3. The van der Waals surface area contributed by atoms with Gasteiger partial charge < -0.3 is 8.83 Å². The SMILES string of the molecule is CCCCCCCc1ccc2c(=O)oc3ccc(C#N)cc3oc(=O)c3ccccc3c2c1. The molecule has 1 aromatic heterocycles. The molecule has 4 rings (SSSR count). The van der Waals surface area contributed by atoms with Crippen molar-refractivity contribution in [3.8, 4) is 6.07 Å². The van der Waals surface area contributed by atoms with Crippen LogP contribution in [0.3, 0.4) is 0 Å². The van der Waals surface area contributed by atoms with Crippen molar-refractivity contribution in [1.29, 1.82) is 5.26 Å². The van der Waals surface area contributed by atoms with Gasteiger partial charge in [0.1, 0.15) is 0 Å². The van der Waals surface area contributed by atoms with Gasteiger partial charge in [0, 0.05) is 6.07 Å². The second-order valence-corrected chi connectivity index (χ2v) is 8.14. The zero-order valence-electron chi connectivity index (χ0n) is 18.6. The fourth-order valence-corrected chi connectivity index (χ4v) is 4.03. The Balaban J connectivity index is 2.01. The van der Waals surface area contributed by atoms with Crippen LogP contribution in [0.2, 0.25) is 0 Å². The van der Waals surface area contributed by atoms with Gasteiger partial charge in [-0.3, -0.25) is 0 Å². The third-order valence-corrected chi connectivity index (χ3v) is 5.79. The molecule has 0 radical (unpaired) electrons. The molecule has 4 aromatic rings. The van der Waals surface area contributed by atoms with Crippen LogP contribution in [-0.4, -0.2) is 0 Å². The van der Waals surface area contributed by atoms with E-state index in [-0.39, 0.29) is 11.2 Å². The lowest BCUT2D eigenvalue weighted by Gasteiger charge is -2.05. The number of fused-ring (bicyclic) bond motifs is 4. The van der Waals surface area contributed by atoms with Crippen molar-refractivity contribution in [3.05, 3.63) is 92.6 Å². The highest BCUT2D eigenvalue weighted by molar-refractivity contribution is 6.04. The molecule has 1 heterocycles. The van der Waals surface area contributed by atoms with Crippen LogP contribution in [0, 0.1) is 11.3 Å². The average Bonchev–Trinajstić information content (AvgIpc) is 2.84.